The van der Waals surface area contributed by atoms with Crippen LogP contribution in [0.25, 0.3) is 0 Å². The van der Waals surface area contributed by atoms with E-state index in [9.17, 15) is 14.4 Å². The number of rotatable bonds is 3. The Labute approximate surface area is 124 Å². The molecule has 4 nitrogen and oxygen atoms in total. The van der Waals surface area contributed by atoms with Crippen molar-refractivity contribution in [3.63, 3.8) is 0 Å². The monoisotopic (exact) mass is 285 g/mol. The third-order valence-corrected chi connectivity index (χ3v) is 3.91. The second-order valence-electron chi connectivity index (χ2n) is 5.71. The molecule has 0 saturated carbocycles. The Morgan fingerprint density at radius 2 is 1.52 bits per heavy atom. The van der Waals surface area contributed by atoms with E-state index in [1.165, 1.54) is 6.92 Å². The quantitative estimate of drug-likeness (QED) is 0.928. The third-order valence-electron chi connectivity index (χ3n) is 3.91. The van der Waals surface area contributed by atoms with E-state index in [0.717, 1.165) is 0 Å². The predicted octanol–water partition coefficient (Wildman–Crippen LogP) is 2.75. The highest BCUT2D eigenvalue weighted by Gasteiger charge is 2.35. The number of amides is 1. The van der Waals surface area contributed by atoms with Crippen molar-refractivity contribution in [2.45, 2.75) is 27.7 Å². The van der Waals surface area contributed by atoms with Crippen LogP contribution in [0.5, 0.6) is 0 Å². The highest BCUT2D eigenvalue weighted by Crippen LogP contribution is 2.32. The van der Waals surface area contributed by atoms with Crippen molar-refractivity contribution in [1.82, 2.24) is 5.32 Å². The molecule has 0 saturated heterocycles. The topological polar surface area (TPSA) is 63.2 Å². The van der Waals surface area contributed by atoms with Gasteiger partial charge in [0, 0.05) is 23.6 Å². The van der Waals surface area contributed by atoms with Gasteiger partial charge in [-0.1, -0.05) is 45.0 Å². The number of allylic oxidation sites excluding steroid dienone is 2. The second-order valence-corrected chi connectivity index (χ2v) is 5.71. The molecule has 2 rings (SSSR count). The number of Topliss-reactive ketones (excluding diaryl/α,β-unsaturated/α-hetero) is 2. The van der Waals surface area contributed by atoms with Crippen LogP contribution in [0.2, 0.25) is 0 Å². The standard InChI is InChI=1S/C17H19NO3/c1-9(2)10(3)14-15(18-11(4)19)17(21)13-8-6-5-7-12(13)16(14)20/h5-10H,1-4H3,(H,18,19). The van der Waals surface area contributed by atoms with Crippen molar-refractivity contribution < 1.29 is 14.4 Å². The number of fused-ring (bicyclic) bond motifs is 1. The summed E-state index contributed by atoms with van der Waals surface area (Å²) < 4.78 is 0. The maximum atomic E-state index is 12.7. The van der Waals surface area contributed by atoms with Gasteiger partial charge in [-0.3, -0.25) is 14.4 Å². The van der Waals surface area contributed by atoms with Gasteiger partial charge in [-0.15, -0.1) is 0 Å². The van der Waals surface area contributed by atoms with Gasteiger partial charge in [0.25, 0.3) is 0 Å². The fourth-order valence-electron chi connectivity index (χ4n) is 2.46. The first-order valence-corrected chi connectivity index (χ1v) is 7.04. The zero-order valence-corrected chi connectivity index (χ0v) is 12.7. The van der Waals surface area contributed by atoms with Crippen LogP contribution in [-0.4, -0.2) is 17.5 Å². The van der Waals surface area contributed by atoms with Gasteiger partial charge >= 0.3 is 0 Å². The van der Waals surface area contributed by atoms with E-state index >= 15 is 0 Å². The second kappa shape index (κ2) is 5.64. The van der Waals surface area contributed by atoms with Crippen LogP contribution in [0, 0.1) is 11.8 Å². The number of hydrogen-bond donors (Lipinski definition) is 1. The number of benzene rings is 1. The Morgan fingerprint density at radius 1 is 1.00 bits per heavy atom. The van der Waals surface area contributed by atoms with E-state index in [-0.39, 0.29) is 35.0 Å². The molecule has 1 aromatic rings. The molecular formula is C17H19NO3. The molecule has 0 bridgehead atoms. The fourth-order valence-corrected chi connectivity index (χ4v) is 2.46. The SMILES string of the molecule is CC(=O)NC1=C(C(C)C(C)C)C(=O)c2ccccc2C1=O. The van der Waals surface area contributed by atoms with E-state index in [0.29, 0.717) is 16.7 Å². The fraction of sp³-hybridized carbons (Fsp3) is 0.353. The molecule has 0 fully saturated rings. The lowest BCUT2D eigenvalue weighted by molar-refractivity contribution is -0.118. The number of nitrogens with one attached hydrogen (secondary N) is 1. The first-order valence-electron chi connectivity index (χ1n) is 7.04. The van der Waals surface area contributed by atoms with Crippen molar-refractivity contribution in [1.29, 1.82) is 0 Å². The van der Waals surface area contributed by atoms with Gasteiger partial charge in [0.15, 0.2) is 5.78 Å². The van der Waals surface area contributed by atoms with Gasteiger partial charge in [0.05, 0.1) is 5.70 Å². The minimum Gasteiger partial charge on any atom is -0.323 e. The summed E-state index contributed by atoms with van der Waals surface area (Å²) >= 11 is 0. The van der Waals surface area contributed by atoms with E-state index < -0.39 is 0 Å². The molecule has 0 spiro atoms. The Kier molecular flexibility index (Phi) is 4.07. The van der Waals surface area contributed by atoms with Crippen molar-refractivity contribution >= 4 is 17.5 Å². The predicted molar refractivity (Wildman–Crippen MR) is 79.9 cm³/mol. The average Bonchev–Trinajstić information content (AvgIpc) is 2.43. The summed E-state index contributed by atoms with van der Waals surface area (Å²) in [6, 6.07) is 6.73. The number of carbonyl (C=O) groups is 3. The van der Waals surface area contributed by atoms with Gasteiger partial charge in [-0.2, -0.15) is 0 Å². The van der Waals surface area contributed by atoms with Crippen LogP contribution < -0.4 is 5.32 Å². The molecule has 1 aliphatic rings. The highest BCUT2D eigenvalue weighted by molar-refractivity contribution is 6.27. The average molecular weight is 285 g/mol. The maximum absolute atomic E-state index is 12.7. The highest BCUT2D eigenvalue weighted by atomic mass is 16.2. The molecule has 0 radical (unpaired) electrons. The minimum absolute atomic E-state index is 0.114. The molecule has 1 atom stereocenters. The molecule has 21 heavy (non-hydrogen) atoms. The molecular weight excluding hydrogens is 266 g/mol. The first-order chi connectivity index (χ1) is 9.84. The minimum atomic E-state index is -0.348. The van der Waals surface area contributed by atoms with Crippen molar-refractivity contribution in [2.24, 2.45) is 11.8 Å². The zero-order valence-electron chi connectivity index (χ0n) is 12.7. The van der Waals surface area contributed by atoms with Crippen LogP contribution in [0.4, 0.5) is 0 Å². The molecule has 1 N–H and O–H groups in total. The van der Waals surface area contributed by atoms with Gasteiger partial charge in [-0.05, 0) is 11.8 Å². The molecule has 110 valence electrons. The van der Waals surface area contributed by atoms with Crippen LogP contribution in [-0.2, 0) is 4.79 Å². The summed E-state index contributed by atoms with van der Waals surface area (Å²) in [6.07, 6.45) is 0. The van der Waals surface area contributed by atoms with E-state index in [4.69, 9.17) is 0 Å². The summed E-state index contributed by atoms with van der Waals surface area (Å²) in [7, 11) is 0. The molecule has 1 aliphatic carbocycles. The normalized spacial score (nSPS) is 16.0. The lowest BCUT2D eigenvalue weighted by Crippen LogP contribution is -2.35. The summed E-state index contributed by atoms with van der Waals surface area (Å²) in [5, 5.41) is 2.56. The van der Waals surface area contributed by atoms with Crippen LogP contribution in [0.1, 0.15) is 48.4 Å². The molecule has 0 aromatic heterocycles. The Hall–Kier alpha value is -2.23. The first kappa shape index (κ1) is 15.2. The number of ketones is 2. The summed E-state index contributed by atoms with van der Waals surface area (Å²) in [6.45, 7) is 7.21. The van der Waals surface area contributed by atoms with Crippen LogP contribution in [0.3, 0.4) is 0 Å². The molecule has 0 heterocycles. The summed E-state index contributed by atoms with van der Waals surface area (Å²) in [5.74, 6) is -0.737. The van der Waals surface area contributed by atoms with Crippen molar-refractivity contribution in [3.8, 4) is 0 Å². The van der Waals surface area contributed by atoms with Gasteiger partial charge < -0.3 is 5.32 Å². The van der Waals surface area contributed by atoms with Crippen LogP contribution >= 0.6 is 0 Å². The Balaban J connectivity index is 2.66. The Bertz CT molecular complexity index is 656. The third kappa shape index (κ3) is 2.66. The Morgan fingerprint density at radius 3 is 2.00 bits per heavy atom. The number of carbonyl (C=O) groups excluding carboxylic acids is 3. The van der Waals surface area contributed by atoms with E-state index in [1.807, 2.05) is 20.8 Å². The van der Waals surface area contributed by atoms with E-state index in [2.05, 4.69) is 5.32 Å². The lowest BCUT2D eigenvalue weighted by atomic mass is 9.78. The molecule has 1 aromatic carbocycles. The van der Waals surface area contributed by atoms with E-state index in [1.54, 1.807) is 24.3 Å². The van der Waals surface area contributed by atoms with Crippen LogP contribution in [0.15, 0.2) is 35.5 Å². The van der Waals surface area contributed by atoms with Gasteiger partial charge in [-0.25, -0.2) is 0 Å². The molecule has 4 heteroatoms. The molecule has 1 unspecified atom stereocenters. The summed E-state index contributed by atoms with van der Waals surface area (Å²) in [4.78, 5) is 36.8. The van der Waals surface area contributed by atoms with Crippen molar-refractivity contribution in [3.05, 3.63) is 46.7 Å². The largest absolute Gasteiger partial charge is 0.323 e. The molecule has 0 aliphatic heterocycles. The summed E-state index contributed by atoms with van der Waals surface area (Å²) in [5.41, 5.74) is 1.31. The number of hydrogen-bond acceptors (Lipinski definition) is 3. The smallest absolute Gasteiger partial charge is 0.221 e. The maximum Gasteiger partial charge on any atom is 0.221 e. The zero-order chi connectivity index (χ0) is 15.7. The van der Waals surface area contributed by atoms with Gasteiger partial charge in [0.2, 0.25) is 11.7 Å². The van der Waals surface area contributed by atoms with Crippen molar-refractivity contribution in [2.75, 3.05) is 0 Å². The molecule has 1 amide bonds. The van der Waals surface area contributed by atoms with Gasteiger partial charge in [0.1, 0.15) is 0 Å². The lowest BCUT2D eigenvalue weighted by Gasteiger charge is -2.26.